The molecule has 1 aromatic rings. The summed E-state index contributed by atoms with van der Waals surface area (Å²) in [6.07, 6.45) is 2.63. The first-order valence-electron chi connectivity index (χ1n) is 4.78. The zero-order valence-electron chi connectivity index (χ0n) is 7.76. The Balaban J connectivity index is 2.09. The van der Waals surface area contributed by atoms with Gasteiger partial charge in [-0.1, -0.05) is 29.8 Å². The summed E-state index contributed by atoms with van der Waals surface area (Å²) in [4.78, 5) is 0. The van der Waals surface area contributed by atoms with Gasteiger partial charge < -0.3 is 5.32 Å². The highest BCUT2D eigenvalue weighted by molar-refractivity contribution is 6.31. The van der Waals surface area contributed by atoms with Crippen LogP contribution in [0.15, 0.2) is 24.3 Å². The number of hydrogen-bond donors (Lipinski definition) is 1. The van der Waals surface area contributed by atoms with Gasteiger partial charge in [0.2, 0.25) is 0 Å². The van der Waals surface area contributed by atoms with Gasteiger partial charge >= 0.3 is 0 Å². The molecular weight excluding hydrogens is 182 g/mol. The summed E-state index contributed by atoms with van der Waals surface area (Å²) in [5, 5.41) is 4.39. The van der Waals surface area contributed by atoms with Crippen molar-refractivity contribution in [2.75, 3.05) is 0 Å². The van der Waals surface area contributed by atoms with E-state index in [2.05, 4.69) is 18.3 Å². The highest BCUT2D eigenvalue weighted by atomic mass is 35.5. The van der Waals surface area contributed by atoms with E-state index in [1.165, 1.54) is 18.4 Å². The summed E-state index contributed by atoms with van der Waals surface area (Å²) in [7, 11) is 0. The van der Waals surface area contributed by atoms with Crippen LogP contribution in [0.3, 0.4) is 0 Å². The molecule has 70 valence electrons. The van der Waals surface area contributed by atoms with E-state index in [0.29, 0.717) is 6.04 Å². The van der Waals surface area contributed by atoms with Gasteiger partial charge in [0.1, 0.15) is 0 Å². The van der Waals surface area contributed by atoms with Crippen LogP contribution in [0, 0.1) is 0 Å². The van der Waals surface area contributed by atoms with Crippen LogP contribution in [-0.4, -0.2) is 6.04 Å². The summed E-state index contributed by atoms with van der Waals surface area (Å²) in [5.74, 6) is 0. The van der Waals surface area contributed by atoms with Gasteiger partial charge in [-0.3, -0.25) is 0 Å². The van der Waals surface area contributed by atoms with Gasteiger partial charge in [0.05, 0.1) is 0 Å². The second kappa shape index (κ2) is 3.69. The third kappa shape index (κ3) is 2.23. The van der Waals surface area contributed by atoms with Crippen molar-refractivity contribution in [3.05, 3.63) is 34.9 Å². The predicted molar refractivity (Wildman–Crippen MR) is 56.0 cm³/mol. The maximum atomic E-state index is 6.08. The smallest absolute Gasteiger partial charge is 0.0453 e. The van der Waals surface area contributed by atoms with Crippen LogP contribution in [0.4, 0.5) is 0 Å². The number of nitrogens with one attached hydrogen (secondary N) is 1. The topological polar surface area (TPSA) is 12.0 Å². The number of halogens is 1. The van der Waals surface area contributed by atoms with Crippen LogP contribution in [0.5, 0.6) is 0 Å². The predicted octanol–water partition coefficient (Wildman–Crippen LogP) is 3.15. The first-order valence-corrected chi connectivity index (χ1v) is 5.15. The summed E-state index contributed by atoms with van der Waals surface area (Å²) >= 11 is 6.08. The van der Waals surface area contributed by atoms with Crippen LogP contribution in [0.2, 0.25) is 5.02 Å². The van der Waals surface area contributed by atoms with E-state index in [9.17, 15) is 0 Å². The van der Waals surface area contributed by atoms with Gasteiger partial charge in [0.15, 0.2) is 0 Å². The van der Waals surface area contributed by atoms with E-state index in [4.69, 9.17) is 11.6 Å². The Morgan fingerprint density at radius 2 is 2.08 bits per heavy atom. The molecule has 0 amide bonds. The maximum Gasteiger partial charge on any atom is 0.0453 e. The summed E-state index contributed by atoms with van der Waals surface area (Å²) in [6.45, 7) is 2.17. The third-order valence-electron chi connectivity index (χ3n) is 2.43. The minimum absolute atomic E-state index is 0.376. The molecule has 0 heterocycles. The van der Waals surface area contributed by atoms with Gasteiger partial charge in [0.25, 0.3) is 0 Å². The molecule has 2 rings (SSSR count). The van der Waals surface area contributed by atoms with Crippen molar-refractivity contribution in [1.82, 2.24) is 5.32 Å². The molecule has 0 saturated heterocycles. The van der Waals surface area contributed by atoms with Crippen molar-refractivity contribution in [2.24, 2.45) is 0 Å². The zero-order chi connectivity index (χ0) is 9.26. The molecule has 2 heteroatoms. The molecule has 0 bridgehead atoms. The SMILES string of the molecule is CC(NC1CC1)c1ccccc1Cl. The van der Waals surface area contributed by atoms with Crippen molar-refractivity contribution in [3.63, 3.8) is 0 Å². The molecule has 1 aliphatic carbocycles. The van der Waals surface area contributed by atoms with E-state index >= 15 is 0 Å². The molecule has 1 nitrogen and oxygen atoms in total. The van der Waals surface area contributed by atoms with Crippen LogP contribution >= 0.6 is 11.6 Å². The molecule has 0 aromatic heterocycles. The molecule has 0 aliphatic heterocycles. The summed E-state index contributed by atoms with van der Waals surface area (Å²) in [5.41, 5.74) is 1.20. The lowest BCUT2D eigenvalue weighted by Crippen LogP contribution is -2.20. The fourth-order valence-corrected chi connectivity index (χ4v) is 1.82. The van der Waals surface area contributed by atoms with E-state index in [0.717, 1.165) is 11.1 Å². The van der Waals surface area contributed by atoms with Gasteiger partial charge in [-0.05, 0) is 31.4 Å². The third-order valence-corrected chi connectivity index (χ3v) is 2.78. The summed E-state index contributed by atoms with van der Waals surface area (Å²) in [6, 6.07) is 9.14. The van der Waals surface area contributed by atoms with Crippen LogP contribution in [0.25, 0.3) is 0 Å². The second-order valence-electron chi connectivity index (χ2n) is 3.68. The normalized spacial score (nSPS) is 18.6. The van der Waals surface area contributed by atoms with E-state index < -0.39 is 0 Å². The second-order valence-corrected chi connectivity index (χ2v) is 4.09. The van der Waals surface area contributed by atoms with Crippen molar-refractivity contribution in [1.29, 1.82) is 0 Å². The van der Waals surface area contributed by atoms with Crippen LogP contribution < -0.4 is 5.32 Å². The quantitative estimate of drug-likeness (QED) is 0.782. The van der Waals surface area contributed by atoms with Crippen LogP contribution in [-0.2, 0) is 0 Å². The molecule has 1 aliphatic rings. The molecule has 0 radical (unpaired) electrons. The van der Waals surface area contributed by atoms with Gasteiger partial charge in [0, 0.05) is 17.1 Å². The lowest BCUT2D eigenvalue weighted by atomic mass is 10.1. The average Bonchev–Trinajstić information content (AvgIpc) is 2.89. The van der Waals surface area contributed by atoms with E-state index in [1.807, 2.05) is 18.2 Å². The Labute approximate surface area is 84.1 Å². The average molecular weight is 196 g/mol. The lowest BCUT2D eigenvalue weighted by molar-refractivity contribution is 0.571. The fourth-order valence-electron chi connectivity index (χ4n) is 1.52. The van der Waals surface area contributed by atoms with Crippen LogP contribution in [0.1, 0.15) is 31.4 Å². The van der Waals surface area contributed by atoms with Crippen molar-refractivity contribution < 1.29 is 0 Å². The standard InChI is InChI=1S/C11H14ClN/c1-8(13-9-6-7-9)10-4-2-3-5-11(10)12/h2-5,8-9,13H,6-7H2,1H3. The van der Waals surface area contributed by atoms with E-state index in [1.54, 1.807) is 0 Å². The Morgan fingerprint density at radius 3 is 2.69 bits per heavy atom. The monoisotopic (exact) mass is 195 g/mol. The lowest BCUT2D eigenvalue weighted by Gasteiger charge is -2.14. The number of benzene rings is 1. The molecule has 1 aromatic carbocycles. The number of rotatable bonds is 3. The van der Waals surface area contributed by atoms with Gasteiger partial charge in [-0.15, -0.1) is 0 Å². The highest BCUT2D eigenvalue weighted by Gasteiger charge is 2.23. The minimum atomic E-state index is 0.376. The Kier molecular flexibility index (Phi) is 2.56. The molecular formula is C11H14ClN. The van der Waals surface area contributed by atoms with Gasteiger partial charge in [-0.2, -0.15) is 0 Å². The summed E-state index contributed by atoms with van der Waals surface area (Å²) < 4.78 is 0. The molecule has 0 spiro atoms. The molecule has 13 heavy (non-hydrogen) atoms. The maximum absolute atomic E-state index is 6.08. The largest absolute Gasteiger partial charge is 0.307 e. The van der Waals surface area contributed by atoms with Crippen molar-refractivity contribution in [2.45, 2.75) is 31.8 Å². The Hall–Kier alpha value is -0.530. The highest BCUT2D eigenvalue weighted by Crippen LogP contribution is 2.27. The Bertz CT molecular complexity index is 294. The first-order chi connectivity index (χ1) is 6.27. The molecule has 1 fully saturated rings. The molecule has 1 saturated carbocycles. The number of hydrogen-bond acceptors (Lipinski definition) is 1. The minimum Gasteiger partial charge on any atom is -0.307 e. The molecule has 1 atom stereocenters. The molecule has 1 N–H and O–H groups in total. The van der Waals surface area contributed by atoms with Crippen molar-refractivity contribution >= 4 is 11.6 Å². The fraction of sp³-hybridized carbons (Fsp3) is 0.455. The zero-order valence-corrected chi connectivity index (χ0v) is 8.51. The van der Waals surface area contributed by atoms with Crippen molar-refractivity contribution in [3.8, 4) is 0 Å². The molecule has 1 unspecified atom stereocenters. The van der Waals surface area contributed by atoms with Gasteiger partial charge in [-0.25, -0.2) is 0 Å². The first kappa shape index (κ1) is 9.04. The Morgan fingerprint density at radius 1 is 1.38 bits per heavy atom. The van der Waals surface area contributed by atoms with E-state index in [-0.39, 0.29) is 0 Å².